The summed E-state index contributed by atoms with van der Waals surface area (Å²) in [6, 6.07) is 13.9. The fourth-order valence-corrected chi connectivity index (χ4v) is 1.76. The summed E-state index contributed by atoms with van der Waals surface area (Å²) in [5.41, 5.74) is 2.19. The molecule has 1 heterocycles. The maximum Gasteiger partial charge on any atom is 0.173 e. The number of pyridine rings is 1. The van der Waals surface area contributed by atoms with Gasteiger partial charge < -0.3 is 10.2 Å². The van der Waals surface area contributed by atoms with Crippen LogP contribution in [0.25, 0.3) is 0 Å². The summed E-state index contributed by atoms with van der Waals surface area (Å²) < 4.78 is 0. The molecular weight excluding hydrogens is 242 g/mol. The van der Waals surface area contributed by atoms with Crippen molar-refractivity contribution in [2.24, 2.45) is 0 Å². The van der Waals surface area contributed by atoms with E-state index in [-0.39, 0.29) is 0 Å². The first kappa shape index (κ1) is 12.5. The third-order valence-electron chi connectivity index (χ3n) is 2.54. The fourth-order valence-electron chi connectivity index (χ4n) is 1.57. The molecule has 0 atom stereocenters. The second kappa shape index (κ2) is 6.12. The van der Waals surface area contributed by atoms with Crippen molar-refractivity contribution in [3.63, 3.8) is 0 Å². The van der Waals surface area contributed by atoms with E-state index in [1.807, 2.05) is 54.4 Å². The molecule has 3 nitrogen and oxygen atoms in total. The van der Waals surface area contributed by atoms with E-state index in [0.717, 1.165) is 12.2 Å². The molecule has 0 aliphatic heterocycles. The molecule has 0 saturated carbocycles. The lowest BCUT2D eigenvalue weighted by molar-refractivity contribution is 0.508. The van der Waals surface area contributed by atoms with Crippen LogP contribution >= 0.6 is 12.2 Å². The number of anilines is 1. The molecule has 0 unspecified atom stereocenters. The van der Waals surface area contributed by atoms with E-state index in [1.54, 1.807) is 12.4 Å². The molecule has 0 aliphatic rings. The molecule has 2 rings (SSSR count). The number of thiocarbonyl (C=S) groups is 1. The Hall–Kier alpha value is -1.94. The summed E-state index contributed by atoms with van der Waals surface area (Å²) >= 11 is 5.36. The largest absolute Gasteiger partial charge is 0.348 e. The topological polar surface area (TPSA) is 28.2 Å². The van der Waals surface area contributed by atoms with Gasteiger partial charge in [-0.05, 0) is 42.0 Å². The fraction of sp³-hybridized carbons (Fsp3) is 0.143. The Morgan fingerprint density at radius 2 is 1.83 bits per heavy atom. The summed E-state index contributed by atoms with van der Waals surface area (Å²) in [4.78, 5) is 6.00. The number of para-hydroxylation sites is 1. The minimum absolute atomic E-state index is 0.706. The summed E-state index contributed by atoms with van der Waals surface area (Å²) in [5, 5.41) is 3.91. The number of rotatable bonds is 3. The summed E-state index contributed by atoms with van der Waals surface area (Å²) in [6.45, 7) is 0.765. The molecule has 1 aromatic heterocycles. The van der Waals surface area contributed by atoms with Gasteiger partial charge in [0.2, 0.25) is 0 Å². The quantitative estimate of drug-likeness (QED) is 0.856. The van der Waals surface area contributed by atoms with Crippen LogP contribution in [0.15, 0.2) is 54.9 Å². The number of benzene rings is 1. The molecule has 18 heavy (non-hydrogen) atoms. The van der Waals surface area contributed by atoms with Crippen molar-refractivity contribution < 1.29 is 0 Å². The first-order valence-electron chi connectivity index (χ1n) is 5.72. The van der Waals surface area contributed by atoms with Gasteiger partial charge in [0.15, 0.2) is 5.11 Å². The monoisotopic (exact) mass is 257 g/mol. The van der Waals surface area contributed by atoms with Crippen molar-refractivity contribution in [1.82, 2.24) is 9.88 Å². The molecule has 92 valence electrons. The summed E-state index contributed by atoms with van der Waals surface area (Å²) in [5.74, 6) is 0. The van der Waals surface area contributed by atoms with Gasteiger partial charge in [-0.3, -0.25) is 4.98 Å². The Kier molecular flexibility index (Phi) is 4.25. The van der Waals surface area contributed by atoms with Crippen molar-refractivity contribution in [2.45, 2.75) is 6.54 Å². The van der Waals surface area contributed by atoms with Crippen LogP contribution in [0.4, 0.5) is 5.69 Å². The minimum Gasteiger partial charge on any atom is -0.348 e. The van der Waals surface area contributed by atoms with Crippen molar-refractivity contribution in [1.29, 1.82) is 0 Å². The van der Waals surface area contributed by atoms with Crippen molar-refractivity contribution in [2.75, 3.05) is 12.4 Å². The lowest BCUT2D eigenvalue weighted by Gasteiger charge is -2.21. The molecule has 1 N–H and O–H groups in total. The van der Waals surface area contributed by atoms with Gasteiger partial charge in [0.25, 0.3) is 0 Å². The Bertz CT molecular complexity index is 499. The highest BCUT2D eigenvalue weighted by molar-refractivity contribution is 7.80. The number of hydrogen-bond acceptors (Lipinski definition) is 2. The molecule has 2 aromatic rings. The molecule has 0 saturated heterocycles. The molecule has 4 heteroatoms. The number of aromatic nitrogens is 1. The van der Waals surface area contributed by atoms with Gasteiger partial charge in [-0.25, -0.2) is 0 Å². The zero-order valence-corrected chi connectivity index (χ0v) is 11.0. The molecule has 0 spiro atoms. The molecular formula is C14H15N3S. The average molecular weight is 257 g/mol. The number of nitrogens with zero attached hydrogens (tertiary/aromatic N) is 2. The predicted octanol–water partition coefficient (Wildman–Crippen LogP) is 2.91. The SMILES string of the molecule is CN(Cc1ccncc1)C(=S)Nc1ccccc1. The molecule has 0 amide bonds. The number of nitrogens with one attached hydrogen (secondary N) is 1. The Morgan fingerprint density at radius 3 is 2.50 bits per heavy atom. The van der Waals surface area contributed by atoms with Crippen molar-refractivity contribution >= 4 is 23.0 Å². The van der Waals surface area contributed by atoms with Crippen LogP contribution in [-0.2, 0) is 6.54 Å². The minimum atomic E-state index is 0.706. The molecule has 0 fully saturated rings. The highest BCUT2D eigenvalue weighted by atomic mass is 32.1. The lowest BCUT2D eigenvalue weighted by Crippen LogP contribution is -2.30. The lowest BCUT2D eigenvalue weighted by atomic mass is 10.2. The van der Waals surface area contributed by atoms with E-state index in [2.05, 4.69) is 10.3 Å². The van der Waals surface area contributed by atoms with Gasteiger partial charge in [-0.2, -0.15) is 0 Å². The zero-order valence-electron chi connectivity index (χ0n) is 10.2. The van der Waals surface area contributed by atoms with Crippen LogP contribution in [0.1, 0.15) is 5.56 Å². The van der Waals surface area contributed by atoms with Crippen molar-refractivity contribution in [3.8, 4) is 0 Å². The second-order valence-corrected chi connectivity index (χ2v) is 4.39. The molecule has 1 aromatic carbocycles. The Morgan fingerprint density at radius 1 is 1.17 bits per heavy atom. The smallest absolute Gasteiger partial charge is 0.173 e. The van der Waals surface area contributed by atoms with Crippen LogP contribution in [0.5, 0.6) is 0 Å². The van der Waals surface area contributed by atoms with Crippen LogP contribution in [-0.4, -0.2) is 22.0 Å². The van der Waals surface area contributed by atoms with E-state index in [1.165, 1.54) is 5.56 Å². The van der Waals surface area contributed by atoms with E-state index in [0.29, 0.717) is 5.11 Å². The number of hydrogen-bond donors (Lipinski definition) is 1. The van der Waals surface area contributed by atoms with E-state index >= 15 is 0 Å². The van der Waals surface area contributed by atoms with Crippen LogP contribution < -0.4 is 5.32 Å². The molecule has 0 aliphatic carbocycles. The third-order valence-corrected chi connectivity index (χ3v) is 2.95. The Labute approximate surface area is 112 Å². The van der Waals surface area contributed by atoms with Gasteiger partial charge in [0, 0.05) is 31.7 Å². The predicted molar refractivity (Wildman–Crippen MR) is 78.4 cm³/mol. The first-order chi connectivity index (χ1) is 8.75. The van der Waals surface area contributed by atoms with E-state index in [9.17, 15) is 0 Å². The normalized spacial score (nSPS) is 9.83. The van der Waals surface area contributed by atoms with Gasteiger partial charge in [-0.1, -0.05) is 18.2 Å². The second-order valence-electron chi connectivity index (χ2n) is 4.01. The Balaban J connectivity index is 1.93. The van der Waals surface area contributed by atoms with Gasteiger partial charge in [-0.15, -0.1) is 0 Å². The van der Waals surface area contributed by atoms with E-state index < -0.39 is 0 Å². The maximum absolute atomic E-state index is 5.36. The van der Waals surface area contributed by atoms with Crippen molar-refractivity contribution in [3.05, 3.63) is 60.4 Å². The van der Waals surface area contributed by atoms with Crippen LogP contribution in [0.2, 0.25) is 0 Å². The van der Waals surface area contributed by atoms with Gasteiger partial charge in [0.05, 0.1) is 0 Å². The third kappa shape index (κ3) is 3.53. The van der Waals surface area contributed by atoms with Crippen LogP contribution in [0, 0.1) is 0 Å². The van der Waals surface area contributed by atoms with Crippen LogP contribution in [0.3, 0.4) is 0 Å². The maximum atomic E-state index is 5.36. The zero-order chi connectivity index (χ0) is 12.8. The first-order valence-corrected chi connectivity index (χ1v) is 6.12. The highest BCUT2D eigenvalue weighted by Crippen LogP contribution is 2.08. The van der Waals surface area contributed by atoms with E-state index in [4.69, 9.17) is 12.2 Å². The van der Waals surface area contributed by atoms with Gasteiger partial charge in [0.1, 0.15) is 0 Å². The molecule has 0 bridgehead atoms. The van der Waals surface area contributed by atoms with Gasteiger partial charge >= 0.3 is 0 Å². The average Bonchev–Trinajstić information content (AvgIpc) is 2.41. The standard InChI is InChI=1S/C14H15N3S/c1-17(11-12-7-9-15-10-8-12)14(18)16-13-5-3-2-4-6-13/h2-10H,11H2,1H3,(H,16,18). The highest BCUT2D eigenvalue weighted by Gasteiger charge is 2.04. The summed E-state index contributed by atoms with van der Waals surface area (Å²) in [6.07, 6.45) is 3.58. The molecule has 0 radical (unpaired) electrons. The summed E-state index contributed by atoms with van der Waals surface area (Å²) in [7, 11) is 1.97.